The van der Waals surface area contributed by atoms with Gasteiger partial charge in [-0.2, -0.15) is 0 Å². The van der Waals surface area contributed by atoms with Gasteiger partial charge in [-0.05, 0) is 182 Å². The van der Waals surface area contributed by atoms with Gasteiger partial charge in [-0.1, -0.05) is 358 Å². The molecule has 0 fully saturated rings. The second-order valence-electron chi connectivity index (χ2n) is 37.8. The Hall–Kier alpha value is -20.4. The molecule has 0 N–H and O–H groups in total. The number of rotatable bonds is 15. The second-order valence-corrected chi connectivity index (χ2v) is 37.8. The van der Waals surface area contributed by atoms with Crippen LogP contribution in [0.2, 0.25) is 0 Å². The van der Waals surface area contributed by atoms with E-state index in [-0.39, 0.29) is 0 Å². The summed E-state index contributed by atoms with van der Waals surface area (Å²) in [7, 11) is 0. The van der Waals surface area contributed by atoms with Gasteiger partial charge >= 0.3 is 0 Å². The summed E-state index contributed by atoms with van der Waals surface area (Å²) in [6, 6.07) is 190. The zero-order chi connectivity index (χ0) is 99.1. The summed E-state index contributed by atoms with van der Waals surface area (Å²) in [5, 5.41) is 15.0. The Morgan fingerprint density at radius 1 is 0.107 bits per heavy atom. The van der Waals surface area contributed by atoms with E-state index in [1.54, 1.807) is 0 Å². The van der Waals surface area contributed by atoms with Crippen LogP contribution >= 0.6 is 0 Å². The molecule has 30 aromatic rings. The normalized spacial score (nSPS) is 11.6. The number of hydrogen-bond acceptors (Lipinski definition) is 7. The third-order valence-electron chi connectivity index (χ3n) is 29.0. The monoisotopic (exact) mass is 1920 g/mol. The van der Waals surface area contributed by atoms with E-state index in [0.29, 0.717) is 29.1 Å². The lowest BCUT2D eigenvalue weighted by molar-refractivity contribution is 1.07. The Morgan fingerprint density at radius 2 is 0.253 bits per heavy atom. The van der Waals surface area contributed by atoms with Crippen molar-refractivity contribution in [3.8, 4) is 136 Å². The van der Waals surface area contributed by atoms with Crippen LogP contribution in [0.3, 0.4) is 0 Å². The molecule has 0 aliphatic rings. The molecule has 13 heteroatoms. The van der Waals surface area contributed by atoms with Crippen LogP contribution < -0.4 is 0 Å². The lowest BCUT2D eigenvalue weighted by Gasteiger charge is -2.11. The van der Waals surface area contributed by atoms with E-state index >= 15 is 0 Å². The molecule has 13 nitrogen and oxygen atoms in total. The van der Waals surface area contributed by atoms with Gasteiger partial charge in [0.05, 0.1) is 89.0 Å². The van der Waals surface area contributed by atoms with Crippen LogP contribution in [0.1, 0.15) is 0 Å². The van der Waals surface area contributed by atoms with Crippen molar-refractivity contribution in [3.63, 3.8) is 0 Å². The minimum Gasteiger partial charge on any atom is -0.309 e. The highest BCUT2D eigenvalue weighted by Gasteiger charge is 2.27. The molecular formula is C137H89N13. The first kappa shape index (κ1) is 87.4. The Kier molecular flexibility index (Phi) is 21.6. The van der Waals surface area contributed by atoms with Gasteiger partial charge in [0, 0.05) is 149 Å². The average Bonchev–Trinajstić information content (AvgIpc) is 1.55. The molecular weight excluding hydrogens is 1830 g/mol. The fourth-order valence-corrected chi connectivity index (χ4v) is 22.4. The summed E-state index contributed by atoms with van der Waals surface area (Å²) in [5.41, 5.74) is 33.6. The number of fused-ring (bicyclic) bond motifs is 21. The Morgan fingerprint density at radius 3 is 0.460 bits per heavy atom. The van der Waals surface area contributed by atoms with Crippen LogP contribution in [0.4, 0.5) is 0 Å². The first-order valence-electron chi connectivity index (χ1n) is 50.7. The fourth-order valence-electron chi connectivity index (χ4n) is 22.4. The van der Waals surface area contributed by atoms with Gasteiger partial charge < -0.3 is 27.4 Å². The van der Waals surface area contributed by atoms with E-state index in [1.165, 1.54) is 125 Å². The summed E-state index contributed by atoms with van der Waals surface area (Å²) < 4.78 is 14.3. The highest BCUT2D eigenvalue weighted by Crippen LogP contribution is 2.48. The van der Waals surface area contributed by atoms with Gasteiger partial charge in [-0.25, -0.2) is 34.9 Å². The molecule has 0 atom stereocenters. The predicted octanol–water partition coefficient (Wildman–Crippen LogP) is 34.4. The van der Waals surface area contributed by atoms with Crippen LogP contribution in [0.15, 0.2) is 540 Å². The van der Waals surface area contributed by atoms with Gasteiger partial charge in [-0.3, -0.25) is 0 Å². The molecule has 0 aliphatic carbocycles. The van der Waals surface area contributed by atoms with Gasteiger partial charge in [0.2, 0.25) is 0 Å². The molecule has 21 aromatic carbocycles. The molecule has 30 rings (SSSR count). The van der Waals surface area contributed by atoms with E-state index in [9.17, 15) is 0 Å². The van der Waals surface area contributed by atoms with Crippen LogP contribution in [-0.2, 0) is 0 Å². The fraction of sp³-hybridized carbons (Fsp3) is 0. The number of nitrogens with zero attached hydrogens (tertiary/aromatic N) is 13. The summed E-state index contributed by atoms with van der Waals surface area (Å²) in [5.74, 6) is 3.36. The Bertz CT molecular complexity index is 9270. The molecule has 0 bridgehead atoms. The van der Waals surface area contributed by atoms with Crippen LogP contribution in [-0.4, -0.2) is 62.3 Å². The van der Waals surface area contributed by atoms with E-state index < -0.39 is 0 Å². The summed E-state index contributed by atoms with van der Waals surface area (Å²) in [6.07, 6.45) is 0. The first-order valence-corrected chi connectivity index (χ1v) is 50.7. The summed E-state index contributed by atoms with van der Waals surface area (Å²) in [6.45, 7) is 0. The first-order chi connectivity index (χ1) is 74.4. The van der Waals surface area contributed by atoms with Gasteiger partial charge in [0.1, 0.15) is 0 Å². The summed E-state index contributed by atoms with van der Waals surface area (Å²) >= 11 is 0. The smallest absolute Gasteiger partial charge is 0.164 e. The van der Waals surface area contributed by atoms with Crippen molar-refractivity contribution in [3.05, 3.63) is 540 Å². The number of hydrogen-bond donors (Lipinski definition) is 0. The maximum Gasteiger partial charge on any atom is 0.164 e. The van der Waals surface area contributed by atoms with E-state index in [4.69, 9.17) is 34.9 Å². The predicted molar refractivity (Wildman–Crippen MR) is 619 cm³/mol. The zero-order valence-electron chi connectivity index (χ0n) is 81.2. The van der Waals surface area contributed by atoms with Gasteiger partial charge in [-0.15, -0.1) is 0 Å². The largest absolute Gasteiger partial charge is 0.309 e. The molecule has 0 spiro atoms. The van der Waals surface area contributed by atoms with Crippen molar-refractivity contribution in [2.24, 2.45) is 0 Å². The van der Waals surface area contributed by atoms with E-state index in [2.05, 4.69) is 434 Å². The van der Waals surface area contributed by atoms with E-state index in [1.807, 2.05) is 133 Å². The zero-order valence-corrected chi connectivity index (χ0v) is 81.2. The SMILES string of the molecule is c1ccc(-c2cc(-c3ccc(-n4c5ccccc5c5c6c7ccccc7n(-c7ccccc7)c6ccc54)cc3)nc(-c3ccccc3)n2)cc1.c1ccc(-c2cc(-c3ccccc3)nc(-c3ccc(-n4c5ccccc5c5c6c7ccccc7n(-c7ccccc7)c6ccc54)cc3)n2)cc1.c1ccc(-c2nc(-c3ccccc3)nc(-c3ccc(-n4c5ccccc5c5c6c7ccccc7n(-c7ccccc7)c6ccc54)cc3)n2)cc1. The van der Waals surface area contributed by atoms with Crippen molar-refractivity contribution in [2.75, 3.05) is 0 Å². The lowest BCUT2D eigenvalue weighted by atomic mass is 10.1. The molecule has 0 aliphatic heterocycles. The molecule has 150 heavy (non-hydrogen) atoms. The quantitative estimate of drug-likeness (QED) is 0.100. The van der Waals surface area contributed by atoms with E-state index in [0.717, 1.165) is 112 Å². The highest BCUT2D eigenvalue weighted by atomic mass is 15.1. The molecule has 0 unspecified atom stereocenters. The minimum atomic E-state index is 0.641. The van der Waals surface area contributed by atoms with Crippen molar-refractivity contribution < 1.29 is 0 Å². The molecule has 0 amide bonds. The molecule has 0 saturated carbocycles. The maximum atomic E-state index is 5.06. The van der Waals surface area contributed by atoms with Crippen LogP contribution in [0, 0.1) is 0 Å². The second kappa shape index (κ2) is 37.1. The number of aromatic nitrogens is 13. The molecule has 702 valence electrons. The number of benzene rings is 21. The maximum absolute atomic E-state index is 5.06. The molecule has 9 aromatic heterocycles. The minimum absolute atomic E-state index is 0.641. The topological polar surface area (TPSA) is 120 Å². The van der Waals surface area contributed by atoms with Crippen LogP contribution in [0.5, 0.6) is 0 Å². The Labute approximate surface area is 863 Å². The van der Waals surface area contributed by atoms with Crippen molar-refractivity contribution in [1.82, 2.24) is 62.3 Å². The van der Waals surface area contributed by atoms with Gasteiger partial charge in [0.25, 0.3) is 0 Å². The lowest BCUT2D eigenvalue weighted by Crippen LogP contribution is -2.00. The van der Waals surface area contributed by atoms with Crippen molar-refractivity contribution >= 4 is 131 Å². The standard InChI is InChI=1S/2C46H30N4.C45H29N5/c1-4-14-31(15-5-1)38-30-39(48-46(47-38)33-16-6-2-7-17-33)32-24-26-35(27-25-32)50-41-23-13-11-21-37(41)45-43(50)29-28-42-44(45)36-20-10-12-22-40(36)49(42)34-18-8-3-9-19-34;1-4-14-31(15-5-1)38-30-39(32-16-6-2-7-17-32)48-46(47-38)33-24-26-35(27-25-33)50-41-23-13-11-21-37(41)45-43(50)29-28-42-44(45)36-20-10-12-22-40(36)49(42)34-18-8-3-9-19-34;1-4-14-30(15-5-1)43-46-44(31-16-6-2-7-17-31)48-45(47-43)32-24-26-34(27-25-32)50-38-23-13-11-21-36(38)42-40(50)29-28-39-41(42)35-20-10-12-22-37(35)49(39)33-18-8-3-9-19-33/h2*1-30H;1-29H. The third-order valence-corrected chi connectivity index (χ3v) is 29.0. The summed E-state index contributed by atoms with van der Waals surface area (Å²) in [4.78, 5) is 34.9. The third kappa shape index (κ3) is 15.2. The Balaban J connectivity index is 0.000000108. The average molecular weight is 1920 g/mol. The van der Waals surface area contributed by atoms with Crippen molar-refractivity contribution in [2.45, 2.75) is 0 Å². The molecule has 0 radical (unpaired) electrons. The van der Waals surface area contributed by atoms with Gasteiger partial charge in [0.15, 0.2) is 29.1 Å². The molecule has 9 heterocycles. The molecule has 0 saturated heterocycles. The highest BCUT2D eigenvalue weighted by molar-refractivity contribution is 6.32. The van der Waals surface area contributed by atoms with Crippen molar-refractivity contribution in [1.29, 1.82) is 0 Å². The number of para-hydroxylation sites is 9. The van der Waals surface area contributed by atoms with Crippen LogP contribution in [0.25, 0.3) is 267 Å².